The van der Waals surface area contributed by atoms with Gasteiger partial charge in [0.2, 0.25) is 0 Å². The number of benzene rings is 2. The number of hydrogen-bond donors (Lipinski definition) is 2. The summed E-state index contributed by atoms with van der Waals surface area (Å²) in [6.07, 6.45) is 2.17. The van der Waals surface area contributed by atoms with Crippen LogP contribution in [0.1, 0.15) is 5.56 Å². The molecule has 0 fully saturated rings. The Kier molecular flexibility index (Phi) is 5.01. The third kappa shape index (κ3) is 3.52. The van der Waals surface area contributed by atoms with Crippen LogP contribution in [0, 0.1) is 0 Å². The number of hydrogen-bond acceptors (Lipinski definition) is 3. The largest absolute Gasteiger partial charge is 0.424 e. The summed E-state index contributed by atoms with van der Waals surface area (Å²) in [4.78, 5) is 15.4. The van der Waals surface area contributed by atoms with Crippen LogP contribution in [0.3, 0.4) is 0 Å². The maximum atomic E-state index is 12.2. The van der Waals surface area contributed by atoms with Crippen molar-refractivity contribution in [3.05, 3.63) is 63.2 Å². The minimum atomic E-state index is -0.838. The zero-order valence-corrected chi connectivity index (χ0v) is 14.6. The summed E-state index contributed by atoms with van der Waals surface area (Å²) in [5.41, 5.74) is 7.90. The van der Waals surface area contributed by atoms with Crippen molar-refractivity contribution in [1.82, 2.24) is 4.98 Å². The fraction of sp³-hybridized carbons (Fsp3) is 0.118. The second-order valence-corrected chi connectivity index (χ2v) is 6.51. The van der Waals surface area contributed by atoms with Gasteiger partial charge in [0.05, 0.1) is 15.1 Å². The lowest BCUT2D eigenvalue weighted by molar-refractivity contribution is -0.135. The van der Waals surface area contributed by atoms with E-state index >= 15 is 0 Å². The van der Waals surface area contributed by atoms with E-state index in [1.165, 1.54) is 12.1 Å². The van der Waals surface area contributed by atoms with Gasteiger partial charge < -0.3 is 15.5 Å². The molecule has 2 aromatic carbocycles. The molecule has 0 unspecified atom stereocenters. The number of nitrogens with one attached hydrogen (secondary N) is 1. The molecule has 3 aromatic rings. The molecule has 4 nitrogen and oxygen atoms in total. The number of carbonyl (C=O) groups excluding carboxylic acids is 1. The molecule has 0 saturated carbocycles. The zero-order chi connectivity index (χ0) is 17.3. The number of ether oxygens (including phenoxy) is 1. The summed E-state index contributed by atoms with van der Waals surface area (Å²) < 4.78 is 5.25. The Labute approximate surface area is 153 Å². The topological polar surface area (TPSA) is 68.1 Å². The highest BCUT2D eigenvalue weighted by atomic mass is 35.5. The van der Waals surface area contributed by atoms with Crippen LogP contribution >= 0.6 is 34.8 Å². The monoisotopic (exact) mass is 382 g/mol. The molecular weight excluding hydrogens is 371 g/mol. The van der Waals surface area contributed by atoms with Gasteiger partial charge in [0.15, 0.2) is 5.75 Å². The van der Waals surface area contributed by atoms with Crippen molar-refractivity contribution in [1.29, 1.82) is 0 Å². The molecule has 0 aliphatic heterocycles. The molecular formula is C17H13Cl3N2O2. The summed E-state index contributed by atoms with van der Waals surface area (Å²) in [5, 5.41) is 1.74. The Morgan fingerprint density at radius 2 is 1.83 bits per heavy atom. The molecule has 124 valence electrons. The van der Waals surface area contributed by atoms with Gasteiger partial charge in [-0.05, 0) is 17.7 Å². The zero-order valence-electron chi connectivity index (χ0n) is 12.4. The number of aromatic amines is 1. The number of rotatable bonds is 4. The number of H-pyrrole nitrogens is 1. The molecule has 3 rings (SSSR count). The van der Waals surface area contributed by atoms with Crippen LogP contribution in [0.2, 0.25) is 15.1 Å². The molecule has 1 heterocycles. The van der Waals surface area contributed by atoms with E-state index in [0.717, 1.165) is 16.5 Å². The second kappa shape index (κ2) is 7.03. The summed E-state index contributed by atoms with van der Waals surface area (Å²) in [6, 6.07) is 9.76. The molecule has 7 heteroatoms. The Morgan fingerprint density at radius 3 is 2.62 bits per heavy atom. The summed E-state index contributed by atoms with van der Waals surface area (Å²) in [5.74, 6) is -0.467. The fourth-order valence-corrected chi connectivity index (χ4v) is 2.96. The Balaban J connectivity index is 1.74. The van der Waals surface area contributed by atoms with Crippen molar-refractivity contribution >= 4 is 51.7 Å². The predicted octanol–water partition coefficient (Wildman–Crippen LogP) is 4.60. The van der Waals surface area contributed by atoms with Gasteiger partial charge in [-0.1, -0.05) is 53.0 Å². The third-order valence-electron chi connectivity index (χ3n) is 3.60. The van der Waals surface area contributed by atoms with Crippen molar-refractivity contribution in [3.8, 4) is 5.75 Å². The highest BCUT2D eigenvalue weighted by molar-refractivity contribution is 6.43. The van der Waals surface area contributed by atoms with Crippen LogP contribution in [-0.2, 0) is 11.2 Å². The molecule has 0 saturated heterocycles. The average molecular weight is 384 g/mol. The molecule has 0 bridgehead atoms. The quantitative estimate of drug-likeness (QED) is 0.393. The minimum absolute atomic E-state index is 0.130. The van der Waals surface area contributed by atoms with Gasteiger partial charge in [-0.15, -0.1) is 0 Å². The van der Waals surface area contributed by atoms with E-state index in [-0.39, 0.29) is 20.8 Å². The number of nitrogens with two attached hydrogens (primary N) is 1. The molecule has 3 N–H and O–H groups in total. The van der Waals surface area contributed by atoms with Crippen LogP contribution in [-0.4, -0.2) is 17.0 Å². The standard InChI is InChI=1S/C17H13Cl3N2O2/c18-11-6-13(20)16(7-12(11)19)24-17(23)14(21)5-9-8-22-15-4-2-1-3-10(9)15/h1-4,6-8,14,22H,5,21H2/t14-/m0/s1. The van der Waals surface area contributed by atoms with Gasteiger partial charge in [-0.25, -0.2) is 4.79 Å². The van der Waals surface area contributed by atoms with Crippen LogP contribution < -0.4 is 10.5 Å². The summed E-state index contributed by atoms with van der Waals surface area (Å²) in [6.45, 7) is 0. The van der Waals surface area contributed by atoms with E-state index in [1.807, 2.05) is 30.5 Å². The molecule has 1 atom stereocenters. The number of carbonyl (C=O) groups is 1. The van der Waals surface area contributed by atoms with Gasteiger partial charge in [-0.3, -0.25) is 0 Å². The predicted molar refractivity (Wildman–Crippen MR) is 97.1 cm³/mol. The van der Waals surface area contributed by atoms with Crippen LogP contribution in [0.15, 0.2) is 42.6 Å². The lowest BCUT2D eigenvalue weighted by Crippen LogP contribution is -2.36. The number of aromatic nitrogens is 1. The van der Waals surface area contributed by atoms with Crippen LogP contribution in [0.25, 0.3) is 10.9 Å². The van der Waals surface area contributed by atoms with E-state index in [2.05, 4.69) is 4.98 Å². The molecule has 0 radical (unpaired) electrons. The highest BCUT2D eigenvalue weighted by Crippen LogP contribution is 2.34. The number of fused-ring (bicyclic) bond motifs is 1. The van der Waals surface area contributed by atoms with Gasteiger partial charge in [0.25, 0.3) is 0 Å². The third-order valence-corrected chi connectivity index (χ3v) is 4.62. The number of halogens is 3. The maximum absolute atomic E-state index is 12.2. The Bertz CT molecular complexity index is 908. The highest BCUT2D eigenvalue weighted by Gasteiger charge is 2.20. The van der Waals surface area contributed by atoms with Crippen LogP contribution in [0.4, 0.5) is 0 Å². The SMILES string of the molecule is N[C@@H](Cc1c[nH]c2ccccc12)C(=O)Oc1cc(Cl)c(Cl)cc1Cl. The molecule has 0 spiro atoms. The van der Waals surface area contributed by atoms with Crippen molar-refractivity contribution in [2.45, 2.75) is 12.5 Å². The van der Waals surface area contributed by atoms with Crippen molar-refractivity contribution in [2.24, 2.45) is 5.73 Å². The lowest BCUT2D eigenvalue weighted by Gasteiger charge is -2.12. The molecule has 1 aromatic heterocycles. The first kappa shape index (κ1) is 17.1. The minimum Gasteiger partial charge on any atom is -0.424 e. The maximum Gasteiger partial charge on any atom is 0.328 e. The first-order valence-electron chi connectivity index (χ1n) is 7.12. The summed E-state index contributed by atoms with van der Waals surface area (Å²) in [7, 11) is 0. The average Bonchev–Trinajstić information content (AvgIpc) is 2.95. The normalized spacial score (nSPS) is 12.3. The van der Waals surface area contributed by atoms with Crippen molar-refractivity contribution in [3.63, 3.8) is 0 Å². The van der Waals surface area contributed by atoms with Gasteiger partial charge >= 0.3 is 5.97 Å². The van der Waals surface area contributed by atoms with E-state index in [9.17, 15) is 4.79 Å². The molecule has 0 aliphatic carbocycles. The van der Waals surface area contributed by atoms with E-state index < -0.39 is 12.0 Å². The van der Waals surface area contributed by atoms with Crippen molar-refractivity contribution < 1.29 is 9.53 Å². The molecule has 0 aliphatic rings. The van der Waals surface area contributed by atoms with Crippen molar-refractivity contribution in [2.75, 3.05) is 0 Å². The van der Waals surface area contributed by atoms with E-state index in [0.29, 0.717) is 6.42 Å². The van der Waals surface area contributed by atoms with E-state index in [4.69, 9.17) is 45.3 Å². The number of esters is 1. The Hall–Kier alpha value is -1.72. The smallest absolute Gasteiger partial charge is 0.328 e. The summed E-state index contributed by atoms with van der Waals surface area (Å²) >= 11 is 17.8. The fourth-order valence-electron chi connectivity index (χ4n) is 2.39. The van der Waals surface area contributed by atoms with Gasteiger partial charge in [-0.2, -0.15) is 0 Å². The van der Waals surface area contributed by atoms with Gasteiger partial charge in [0, 0.05) is 29.6 Å². The van der Waals surface area contributed by atoms with Crippen LogP contribution in [0.5, 0.6) is 5.75 Å². The lowest BCUT2D eigenvalue weighted by atomic mass is 10.1. The molecule has 24 heavy (non-hydrogen) atoms. The Morgan fingerprint density at radius 1 is 1.12 bits per heavy atom. The number of para-hydroxylation sites is 1. The first-order chi connectivity index (χ1) is 11.5. The molecule has 0 amide bonds. The second-order valence-electron chi connectivity index (χ2n) is 5.29. The first-order valence-corrected chi connectivity index (χ1v) is 8.26. The van der Waals surface area contributed by atoms with Gasteiger partial charge in [0.1, 0.15) is 6.04 Å². The van der Waals surface area contributed by atoms with E-state index in [1.54, 1.807) is 0 Å².